The van der Waals surface area contributed by atoms with Crippen LogP contribution in [0.4, 0.5) is 4.39 Å². The van der Waals surface area contributed by atoms with E-state index in [4.69, 9.17) is 5.73 Å². The van der Waals surface area contributed by atoms with Crippen molar-refractivity contribution in [2.45, 2.75) is 39.2 Å². The first-order valence-electron chi connectivity index (χ1n) is 5.54. The van der Waals surface area contributed by atoms with E-state index in [1.807, 2.05) is 13.8 Å². The molecule has 0 aliphatic carbocycles. The van der Waals surface area contributed by atoms with E-state index in [2.05, 4.69) is 0 Å². The van der Waals surface area contributed by atoms with E-state index in [-0.39, 0.29) is 11.6 Å². The Bertz CT molecular complexity index is 397. The van der Waals surface area contributed by atoms with Gasteiger partial charge >= 0.3 is 0 Å². The van der Waals surface area contributed by atoms with Crippen LogP contribution in [-0.2, 0) is 0 Å². The Hall–Kier alpha value is -1.22. The summed E-state index contributed by atoms with van der Waals surface area (Å²) < 4.78 is 13.3. The van der Waals surface area contributed by atoms with Gasteiger partial charge in [0, 0.05) is 5.56 Å². The number of hydrogen-bond donors (Lipinski definition) is 1. The number of hydrogen-bond acceptors (Lipinski definition) is 2. The van der Waals surface area contributed by atoms with Gasteiger partial charge in [-0.15, -0.1) is 0 Å². The summed E-state index contributed by atoms with van der Waals surface area (Å²) in [6, 6.07) is 4.51. The molecule has 0 heterocycles. The molecule has 0 atom stereocenters. The fourth-order valence-electron chi connectivity index (χ4n) is 1.59. The first-order valence-corrected chi connectivity index (χ1v) is 5.54. The third kappa shape index (κ3) is 2.30. The van der Waals surface area contributed by atoms with Gasteiger partial charge in [0.1, 0.15) is 5.82 Å². The second-order valence-electron chi connectivity index (χ2n) is 4.16. The SMILES string of the molecule is CCC(N)(CC)C(=O)c1ccc(C)c(F)c1. The lowest BCUT2D eigenvalue weighted by atomic mass is 9.85. The van der Waals surface area contributed by atoms with Gasteiger partial charge in [0.25, 0.3) is 0 Å². The highest BCUT2D eigenvalue weighted by atomic mass is 19.1. The number of aryl methyl sites for hydroxylation is 1. The van der Waals surface area contributed by atoms with Crippen LogP contribution < -0.4 is 5.73 Å². The third-order valence-electron chi connectivity index (χ3n) is 3.15. The van der Waals surface area contributed by atoms with E-state index in [0.29, 0.717) is 24.0 Å². The molecule has 0 saturated carbocycles. The van der Waals surface area contributed by atoms with Gasteiger partial charge in [0.2, 0.25) is 0 Å². The number of benzene rings is 1. The highest BCUT2D eigenvalue weighted by Crippen LogP contribution is 2.20. The lowest BCUT2D eigenvalue weighted by Gasteiger charge is -2.24. The molecule has 0 unspecified atom stereocenters. The second-order valence-corrected chi connectivity index (χ2v) is 4.16. The first-order chi connectivity index (χ1) is 7.44. The molecule has 88 valence electrons. The largest absolute Gasteiger partial charge is 0.319 e. The molecule has 0 spiro atoms. The predicted octanol–water partition coefficient (Wildman–Crippen LogP) is 2.83. The van der Waals surface area contributed by atoms with Crippen molar-refractivity contribution in [2.75, 3.05) is 0 Å². The summed E-state index contributed by atoms with van der Waals surface area (Å²) in [4.78, 5) is 12.1. The maximum Gasteiger partial charge on any atom is 0.182 e. The van der Waals surface area contributed by atoms with Gasteiger partial charge in [-0.3, -0.25) is 4.79 Å². The molecule has 0 fully saturated rings. The summed E-state index contributed by atoms with van der Waals surface area (Å²) in [5, 5.41) is 0. The van der Waals surface area contributed by atoms with Crippen LogP contribution in [0.2, 0.25) is 0 Å². The van der Waals surface area contributed by atoms with E-state index in [1.165, 1.54) is 6.07 Å². The molecule has 0 amide bonds. The minimum atomic E-state index is -0.873. The zero-order chi connectivity index (χ0) is 12.3. The fraction of sp³-hybridized carbons (Fsp3) is 0.462. The van der Waals surface area contributed by atoms with Gasteiger partial charge < -0.3 is 5.73 Å². The maximum atomic E-state index is 13.3. The molecule has 0 aromatic heterocycles. The molecule has 1 rings (SSSR count). The molecule has 0 bridgehead atoms. The number of rotatable bonds is 4. The molecule has 16 heavy (non-hydrogen) atoms. The van der Waals surface area contributed by atoms with Crippen LogP contribution in [0.15, 0.2) is 18.2 Å². The second kappa shape index (κ2) is 4.74. The lowest BCUT2D eigenvalue weighted by Crippen LogP contribution is -2.46. The zero-order valence-corrected chi connectivity index (χ0v) is 10.0. The molecule has 0 saturated heterocycles. The molecule has 2 nitrogen and oxygen atoms in total. The van der Waals surface area contributed by atoms with Crippen molar-refractivity contribution in [3.8, 4) is 0 Å². The van der Waals surface area contributed by atoms with Crippen molar-refractivity contribution in [3.63, 3.8) is 0 Å². The highest BCUT2D eigenvalue weighted by molar-refractivity contribution is 6.03. The van der Waals surface area contributed by atoms with Gasteiger partial charge in [-0.1, -0.05) is 26.0 Å². The fourth-order valence-corrected chi connectivity index (χ4v) is 1.59. The summed E-state index contributed by atoms with van der Waals surface area (Å²) in [5.41, 5.74) is 6.01. The molecule has 0 radical (unpaired) electrons. The summed E-state index contributed by atoms with van der Waals surface area (Å²) in [7, 11) is 0. The smallest absolute Gasteiger partial charge is 0.182 e. The molecule has 1 aromatic rings. The molecule has 0 aliphatic rings. The minimum absolute atomic E-state index is 0.184. The molecule has 0 aliphatic heterocycles. The van der Waals surface area contributed by atoms with Gasteiger partial charge in [-0.25, -0.2) is 4.39 Å². The molecular weight excluding hydrogens is 205 g/mol. The minimum Gasteiger partial charge on any atom is -0.319 e. The number of carbonyl (C=O) groups excluding carboxylic acids is 1. The third-order valence-corrected chi connectivity index (χ3v) is 3.15. The topological polar surface area (TPSA) is 43.1 Å². The Morgan fingerprint density at radius 3 is 2.38 bits per heavy atom. The van der Waals surface area contributed by atoms with Crippen LogP contribution in [0.1, 0.15) is 42.6 Å². The van der Waals surface area contributed by atoms with E-state index >= 15 is 0 Å². The number of Topliss-reactive ketones (excluding diaryl/α,β-unsaturated/α-hetero) is 1. The van der Waals surface area contributed by atoms with Crippen LogP contribution in [0.5, 0.6) is 0 Å². The number of ketones is 1. The predicted molar refractivity (Wildman–Crippen MR) is 63.0 cm³/mol. The Morgan fingerprint density at radius 1 is 1.38 bits per heavy atom. The quantitative estimate of drug-likeness (QED) is 0.797. The highest BCUT2D eigenvalue weighted by Gasteiger charge is 2.30. The Balaban J connectivity index is 3.09. The number of carbonyl (C=O) groups is 1. The van der Waals surface area contributed by atoms with Crippen LogP contribution in [0, 0.1) is 12.7 Å². The zero-order valence-electron chi connectivity index (χ0n) is 10.0. The summed E-state index contributed by atoms with van der Waals surface area (Å²) >= 11 is 0. The summed E-state index contributed by atoms with van der Waals surface area (Å²) in [6.45, 7) is 5.40. The average Bonchev–Trinajstić information content (AvgIpc) is 2.30. The van der Waals surface area contributed by atoms with Crippen molar-refractivity contribution in [1.82, 2.24) is 0 Å². The van der Waals surface area contributed by atoms with Crippen LogP contribution in [-0.4, -0.2) is 11.3 Å². The van der Waals surface area contributed by atoms with Gasteiger partial charge in [-0.2, -0.15) is 0 Å². The molecule has 3 heteroatoms. The van der Waals surface area contributed by atoms with E-state index in [1.54, 1.807) is 19.1 Å². The molecule has 2 N–H and O–H groups in total. The number of nitrogens with two attached hydrogens (primary N) is 1. The van der Waals surface area contributed by atoms with Crippen LogP contribution in [0.25, 0.3) is 0 Å². The van der Waals surface area contributed by atoms with E-state index in [0.717, 1.165) is 0 Å². The maximum absolute atomic E-state index is 13.3. The monoisotopic (exact) mass is 223 g/mol. The summed E-state index contributed by atoms with van der Waals surface area (Å²) in [6.07, 6.45) is 1.11. The number of halogens is 1. The Morgan fingerprint density at radius 2 is 1.94 bits per heavy atom. The Kier molecular flexibility index (Phi) is 3.81. The van der Waals surface area contributed by atoms with Crippen LogP contribution in [0.3, 0.4) is 0 Å². The van der Waals surface area contributed by atoms with Gasteiger partial charge in [-0.05, 0) is 31.4 Å². The average molecular weight is 223 g/mol. The molecular formula is C13H18FNO. The normalized spacial score (nSPS) is 11.6. The molecule has 1 aromatic carbocycles. The Labute approximate surface area is 95.7 Å². The van der Waals surface area contributed by atoms with Crippen molar-refractivity contribution >= 4 is 5.78 Å². The van der Waals surface area contributed by atoms with Crippen LogP contribution >= 0.6 is 0 Å². The van der Waals surface area contributed by atoms with Gasteiger partial charge in [0.05, 0.1) is 5.54 Å². The summed E-state index contributed by atoms with van der Waals surface area (Å²) in [5.74, 6) is -0.545. The van der Waals surface area contributed by atoms with Crippen molar-refractivity contribution in [3.05, 3.63) is 35.1 Å². The van der Waals surface area contributed by atoms with E-state index in [9.17, 15) is 9.18 Å². The first kappa shape index (κ1) is 12.8. The lowest BCUT2D eigenvalue weighted by molar-refractivity contribution is 0.0879. The van der Waals surface area contributed by atoms with Crippen molar-refractivity contribution in [1.29, 1.82) is 0 Å². The van der Waals surface area contributed by atoms with Crippen molar-refractivity contribution < 1.29 is 9.18 Å². The standard InChI is InChI=1S/C13H18FNO/c1-4-13(15,5-2)12(16)10-7-6-9(3)11(14)8-10/h6-8H,4-5,15H2,1-3H3. The van der Waals surface area contributed by atoms with Gasteiger partial charge in [0.15, 0.2) is 5.78 Å². The van der Waals surface area contributed by atoms with E-state index < -0.39 is 5.54 Å². The van der Waals surface area contributed by atoms with Crippen molar-refractivity contribution in [2.24, 2.45) is 5.73 Å².